The lowest BCUT2D eigenvalue weighted by atomic mass is 9.67. The quantitative estimate of drug-likeness (QED) is 0.292. The van der Waals surface area contributed by atoms with Gasteiger partial charge in [-0.1, -0.05) is 93.4 Å². The van der Waals surface area contributed by atoms with E-state index in [1.54, 1.807) is 0 Å². The third-order valence-electron chi connectivity index (χ3n) is 7.31. The Hall–Kier alpha value is -0.520. The van der Waals surface area contributed by atoms with Gasteiger partial charge in [-0.05, 0) is 66.8 Å². The molecule has 0 spiro atoms. The van der Waals surface area contributed by atoms with E-state index >= 15 is 0 Å². The van der Waals surface area contributed by atoms with Crippen LogP contribution in [0.2, 0.25) is 0 Å². The summed E-state index contributed by atoms with van der Waals surface area (Å²) in [6.45, 7) is 25.7. The van der Waals surface area contributed by atoms with Gasteiger partial charge in [0.15, 0.2) is 0 Å². The number of hydrogen-bond acceptors (Lipinski definition) is 0. The zero-order valence-corrected chi connectivity index (χ0v) is 18.9. The van der Waals surface area contributed by atoms with E-state index in [4.69, 9.17) is 0 Å². The zero-order valence-electron chi connectivity index (χ0n) is 18.9. The molecule has 0 heteroatoms. The Bertz CT molecular complexity index is 377. The van der Waals surface area contributed by atoms with Crippen molar-refractivity contribution in [3.05, 3.63) is 24.3 Å². The molecule has 0 fully saturated rings. The fraction of sp³-hybridized carbons (Fsp3) is 0.840. The van der Waals surface area contributed by atoms with Crippen LogP contribution in [0, 0.1) is 41.4 Å². The minimum atomic E-state index is 0.649. The molecular formula is C25H48. The molecule has 0 saturated heterocycles. The van der Waals surface area contributed by atoms with Crippen molar-refractivity contribution in [2.75, 3.05) is 0 Å². The molecule has 0 saturated carbocycles. The van der Waals surface area contributed by atoms with Gasteiger partial charge in [0.1, 0.15) is 0 Å². The molecular weight excluding hydrogens is 300 g/mol. The number of rotatable bonds is 13. The van der Waals surface area contributed by atoms with Gasteiger partial charge in [0.05, 0.1) is 0 Å². The van der Waals surface area contributed by atoms with Crippen molar-refractivity contribution in [2.45, 2.75) is 94.4 Å². The lowest BCUT2D eigenvalue weighted by molar-refractivity contribution is 0.139. The summed E-state index contributed by atoms with van der Waals surface area (Å²) in [7, 11) is 0. The molecule has 7 atom stereocenters. The van der Waals surface area contributed by atoms with E-state index in [-0.39, 0.29) is 0 Å². The summed E-state index contributed by atoms with van der Waals surface area (Å²) in [6, 6.07) is 0. The van der Waals surface area contributed by atoms with E-state index in [0.29, 0.717) is 11.8 Å². The molecule has 0 aliphatic carbocycles. The topological polar surface area (TPSA) is 0 Å². The molecule has 0 aliphatic rings. The fourth-order valence-corrected chi connectivity index (χ4v) is 4.45. The highest BCUT2D eigenvalue weighted by molar-refractivity contribution is 5.20. The van der Waals surface area contributed by atoms with Crippen LogP contribution in [-0.2, 0) is 0 Å². The maximum Gasteiger partial charge on any atom is -0.0135 e. The molecule has 0 aromatic rings. The predicted octanol–water partition coefficient (Wildman–Crippen LogP) is 8.54. The van der Waals surface area contributed by atoms with E-state index in [1.807, 2.05) is 0 Å². The molecule has 0 rings (SSSR count). The summed E-state index contributed by atoms with van der Waals surface area (Å²) in [5.74, 6) is 5.39. The molecule has 25 heavy (non-hydrogen) atoms. The standard InChI is InChI=1S/C25H48/c1-11-18(6)16-24(15-5)21(9)20(8)22(10)25(17-19(7)12-2)23(13-3)14-4/h13-14,18-22,24-25H,3,11-12,15-17H2,1-2,4-10H3/b23-14-. The van der Waals surface area contributed by atoms with Crippen LogP contribution in [0.5, 0.6) is 0 Å². The van der Waals surface area contributed by atoms with Crippen LogP contribution < -0.4 is 0 Å². The highest BCUT2D eigenvalue weighted by atomic mass is 14.4. The third kappa shape index (κ3) is 7.71. The SMILES string of the molecule is C=C/C(=C/C)C(CC(C)CC)C(C)C(C)C(C)C(CC)CC(C)CC. The van der Waals surface area contributed by atoms with E-state index in [9.17, 15) is 0 Å². The average molecular weight is 349 g/mol. The molecule has 0 bridgehead atoms. The molecule has 0 amide bonds. The van der Waals surface area contributed by atoms with Gasteiger partial charge < -0.3 is 0 Å². The lowest BCUT2D eigenvalue weighted by Gasteiger charge is -2.38. The number of allylic oxidation sites excluding steroid dienone is 3. The smallest absolute Gasteiger partial charge is 0.0135 e. The predicted molar refractivity (Wildman–Crippen MR) is 117 cm³/mol. The van der Waals surface area contributed by atoms with E-state index in [1.165, 1.54) is 37.7 Å². The van der Waals surface area contributed by atoms with Gasteiger partial charge in [-0.15, -0.1) is 0 Å². The monoisotopic (exact) mass is 348 g/mol. The van der Waals surface area contributed by atoms with Crippen LogP contribution in [0.1, 0.15) is 94.4 Å². The first-order chi connectivity index (χ1) is 11.8. The molecule has 0 N–H and O–H groups in total. The molecule has 0 heterocycles. The molecule has 0 aromatic heterocycles. The van der Waals surface area contributed by atoms with Crippen molar-refractivity contribution >= 4 is 0 Å². The summed E-state index contributed by atoms with van der Waals surface area (Å²) in [5.41, 5.74) is 1.46. The Kier molecular flexibility index (Phi) is 12.5. The van der Waals surface area contributed by atoms with Gasteiger partial charge >= 0.3 is 0 Å². The minimum Gasteiger partial charge on any atom is -0.0988 e. The second-order valence-corrected chi connectivity index (χ2v) is 8.84. The molecule has 7 unspecified atom stereocenters. The highest BCUT2D eigenvalue weighted by Gasteiger charge is 2.32. The third-order valence-corrected chi connectivity index (χ3v) is 7.31. The fourth-order valence-electron chi connectivity index (χ4n) is 4.45. The van der Waals surface area contributed by atoms with E-state index < -0.39 is 0 Å². The van der Waals surface area contributed by atoms with Gasteiger partial charge in [0.25, 0.3) is 0 Å². The van der Waals surface area contributed by atoms with E-state index in [2.05, 4.69) is 81.0 Å². The largest absolute Gasteiger partial charge is 0.0988 e. The summed E-state index contributed by atoms with van der Waals surface area (Å²) in [5, 5.41) is 0. The Labute approximate surface area is 160 Å². The van der Waals surface area contributed by atoms with Gasteiger partial charge in [-0.25, -0.2) is 0 Å². The Balaban J connectivity index is 5.30. The molecule has 0 aromatic carbocycles. The first kappa shape index (κ1) is 24.5. The summed E-state index contributed by atoms with van der Waals surface area (Å²) < 4.78 is 0. The van der Waals surface area contributed by atoms with Crippen LogP contribution in [-0.4, -0.2) is 0 Å². The van der Waals surface area contributed by atoms with Crippen molar-refractivity contribution < 1.29 is 0 Å². The first-order valence-corrected chi connectivity index (χ1v) is 11.1. The maximum atomic E-state index is 4.11. The Morgan fingerprint density at radius 1 is 0.760 bits per heavy atom. The normalized spacial score (nSPS) is 21.1. The van der Waals surface area contributed by atoms with Crippen molar-refractivity contribution in [1.29, 1.82) is 0 Å². The van der Waals surface area contributed by atoms with Crippen molar-refractivity contribution in [3.8, 4) is 0 Å². The molecule has 0 nitrogen and oxygen atoms in total. The minimum absolute atomic E-state index is 0.649. The zero-order chi connectivity index (χ0) is 19.6. The average Bonchev–Trinajstić information content (AvgIpc) is 2.63. The van der Waals surface area contributed by atoms with Crippen molar-refractivity contribution in [2.24, 2.45) is 41.4 Å². The Morgan fingerprint density at radius 3 is 1.68 bits per heavy atom. The molecule has 0 radical (unpaired) electrons. The van der Waals surface area contributed by atoms with Crippen LogP contribution >= 0.6 is 0 Å². The van der Waals surface area contributed by atoms with Crippen LogP contribution in [0.3, 0.4) is 0 Å². The van der Waals surface area contributed by atoms with Gasteiger partial charge in [0, 0.05) is 0 Å². The van der Waals surface area contributed by atoms with Crippen LogP contribution in [0.15, 0.2) is 24.3 Å². The van der Waals surface area contributed by atoms with Crippen molar-refractivity contribution in [3.63, 3.8) is 0 Å². The van der Waals surface area contributed by atoms with Gasteiger partial charge in [-0.2, -0.15) is 0 Å². The van der Waals surface area contributed by atoms with Gasteiger partial charge in [0.2, 0.25) is 0 Å². The summed E-state index contributed by atoms with van der Waals surface area (Å²) in [4.78, 5) is 0. The Morgan fingerprint density at radius 2 is 1.28 bits per heavy atom. The lowest BCUT2D eigenvalue weighted by Crippen LogP contribution is -2.30. The van der Waals surface area contributed by atoms with Crippen LogP contribution in [0.4, 0.5) is 0 Å². The number of hydrogen-bond donors (Lipinski definition) is 0. The van der Waals surface area contributed by atoms with Gasteiger partial charge in [-0.3, -0.25) is 0 Å². The molecule has 148 valence electrons. The maximum absolute atomic E-state index is 4.11. The summed E-state index contributed by atoms with van der Waals surface area (Å²) in [6.07, 6.45) is 11.0. The highest BCUT2D eigenvalue weighted by Crippen LogP contribution is 2.40. The first-order valence-electron chi connectivity index (χ1n) is 11.1. The van der Waals surface area contributed by atoms with E-state index in [0.717, 1.165) is 29.6 Å². The second kappa shape index (κ2) is 12.8. The molecule has 0 aliphatic heterocycles. The van der Waals surface area contributed by atoms with Crippen LogP contribution in [0.25, 0.3) is 0 Å². The second-order valence-electron chi connectivity index (χ2n) is 8.84. The van der Waals surface area contributed by atoms with Crippen molar-refractivity contribution in [1.82, 2.24) is 0 Å². The summed E-state index contributed by atoms with van der Waals surface area (Å²) >= 11 is 0.